The van der Waals surface area contributed by atoms with Gasteiger partial charge in [0.2, 0.25) is 0 Å². The van der Waals surface area contributed by atoms with E-state index in [1.54, 1.807) is 0 Å². The van der Waals surface area contributed by atoms with Gasteiger partial charge in [0.25, 0.3) is 0 Å². The molecule has 0 saturated carbocycles. The minimum Gasteiger partial charge on any atom is -0.362 e. The third-order valence-corrected chi connectivity index (χ3v) is 4.42. The van der Waals surface area contributed by atoms with Crippen LogP contribution in [0.4, 0.5) is 10.2 Å². The number of thiocarbonyl (C=S) groups is 1. The van der Waals surface area contributed by atoms with Crippen molar-refractivity contribution >= 4 is 34.9 Å². The highest BCUT2D eigenvalue weighted by atomic mass is 32.2. The van der Waals surface area contributed by atoms with E-state index < -0.39 is 0 Å². The van der Waals surface area contributed by atoms with Gasteiger partial charge in [0.15, 0.2) is 5.11 Å². The monoisotopic (exact) mass is 349 g/mol. The second-order valence-corrected chi connectivity index (χ2v) is 6.59. The maximum Gasteiger partial charge on any atom is 0.171 e. The van der Waals surface area contributed by atoms with Crippen molar-refractivity contribution in [2.75, 3.05) is 17.6 Å². The molecule has 0 amide bonds. The summed E-state index contributed by atoms with van der Waals surface area (Å²) in [5, 5.41) is 6.84. The minimum absolute atomic E-state index is 0.188. The molecule has 3 nitrogen and oxygen atoms in total. The van der Waals surface area contributed by atoms with Gasteiger partial charge in [-0.25, -0.2) is 9.37 Å². The Balaban J connectivity index is 1.56. The number of anilines is 1. The standard InChI is InChI=1S/C17H20FN3S2/c1-13-4-2-5-16(20-13)21-17(22)19-10-3-11-23-12-14-6-8-15(18)9-7-14/h2,4-9H,3,10-12H2,1H3,(H2,19,20,21,22). The molecule has 122 valence electrons. The number of nitrogens with zero attached hydrogens (tertiary/aromatic N) is 1. The van der Waals surface area contributed by atoms with Gasteiger partial charge in [-0.15, -0.1) is 0 Å². The SMILES string of the molecule is Cc1cccc(NC(=S)NCCCSCc2ccc(F)cc2)n1. The molecule has 0 atom stereocenters. The van der Waals surface area contributed by atoms with Crippen LogP contribution in [0.25, 0.3) is 0 Å². The molecule has 2 aromatic rings. The third kappa shape index (κ3) is 6.97. The fraction of sp³-hybridized carbons (Fsp3) is 0.294. The van der Waals surface area contributed by atoms with Crippen LogP contribution in [-0.4, -0.2) is 22.4 Å². The molecule has 6 heteroatoms. The highest BCUT2D eigenvalue weighted by Crippen LogP contribution is 2.13. The Hall–Kier alpha value is -1.66. The quantitative estimate of drug-likeness (QED) is 0.580. The zero-order chi connectivity index (χ0) is 16.5. The maximum atomic E-state index is 12.8. The minimum atomic E-state index is -0.188. The van der Waals surface area contributed by atoms with Gasteiger partial charge >= 0.3 is 0 Å². The number of hydrogen-bond acceptors (Lipinski definition) is 3. The fourth-order valence-electron chi connectivity index (χ4n) is 1.92. The molecule has 23 heavy (non-hydrogen) atoms. The van der Waals surface area contributed by atoms with Gasteiger partial charge in [-0.1, -0.05) is 18.2 Å². The molecular weight excluding hydrogens is 329 g/mol. The summed E-state index contributed by atoms with van der Waals surface area (Å²) in [6.07, 6.45) is 1.01. The Kier molecular flexibility index (Phi) is 7.29. The number of rotatable bonds is 7. The first-order valence-corrected chi connectivity index (χ1v) is 9.00. The van der Waals surface area contributed by atoms with E-state index in [1.165, 1.54) is 12.1 Å². The Labute approximate surface area is 146 Å². The van der Waals surface area contributed by atoms with Gasteiger partial charge in [0, 0.05) is 18.0 Å². The van der Waals surface area contributed by atoms with Gasteiger partial charge in [-0.3, -0.25) is 0 Å². The number of benzene rings is 1. The van der Waals surface area contributed by atoms with E-state index in [4.69, 9.17) is 12.2 Å². The van der Waals surface area contributed by atoms with Crippen molar-refractivity contribution in [1.82, 2.24) is 10.3 Å². The molecule has 1 heterocycles. The van der Waals surface area contributed by atoms with Crippen LogP contribution >= 0.6 is 24.0 Å². The molecule has 0 saturated heterocycles. The molecule has 0 fully saturated rings. The summed E-state index contributed by atoms with van der Waals surface area (Å²) in [4.78, 5) is 4.34. The zero-order valence-electron chi connectivity index (χ0n) is 13.0. The van der Waals surface area contributed by atoms with Crippen LogP contribution in [0.1, 0.15) is 17.7 Å². The van der Waals surface area contributed by atoms with E-state index in [2.05, 4.69) is 15.6 Å². The topological polar surface area (TPSA) is 37.0 Å². The van der Waals surface area contributed by atoms with Crippen LogP contribution in [0.15, 0.2) is 42.5 Å². The molecule has 1 aromatic carbocycles. The van der Waals surface area contributed by atoms with E-state index >= 15 is 0 Å². The van der Waals surface area contributed by atoms with Crippen molar-refractivity contribution in [1.29, 1.82) is 0 Å². The average Bonchev–Trinajstić information content (AvgIpc) is 2.52. The van der Waals surface area contributed by atoms with Crippen molar-refractivity contribution in [2.24, 2.45) is 0 Å². The van der Waals surface area contributed by atoms with Gasteiger partial charge in [-0.05, 0) is 61.1 Å². The molecule has 0 aliphatic heterocycles. The molecule has 2 N–H and O–H groups in total. The first-order chi connectivity index (χ1) is 11.1. The number of aromatic nitrogens is 1. The molecule has 2 rings (SSSR count). The molecule has 1 aromatic heterocycles. The number of pyridine rings is 1. The highest BCUT2D eigenvalue weighted by Gasteiger charge is 1.99. The summed E-state index contributed by atoms with van der Waals surface area (Å²) < 4.78 is 12.8. The van der Waals surface area contributed by atoms with E-state index in [0.717, 1.165) is 41.5 Å². The third-order valence-electron chi connectivity index (χ3n) is 3.06. The largest absolute Gasteiger partial charge is 0.362 e. The van der Waals surface area contributed by atoms with Crippen LogP contribution in [0, 0.1) is 12.7 Å². The van der Waals surface area contributed by atoms with Crippen molar-refractivity contribution in [3.05, 3.63) is 59.5 Å². The zero-order valence-corrected chi connectivity index (χ0v) is 14.6. The molecule has 0 radical (unpaired) electrons. The van der Waals surface area contributed by atoms with Crippen molar-refractivity contribution < 1.29 is 4.39 Å². The van der Waals surface area contributed by atoms with E-state index in [0.29, 0.717) is 5.11 Å². The van der Waals surface area contributed by atoms with E-state index in [-0.39, 0.29) is 5.82 Å². The smallest absolute Gasteiger partial charge is 0.171 e. The Morgan fingerprint density at radius 1 is 1.22 bits per heavy atom. The summed E-state index contributed by atoms with van der Waals surface area (Å²) in [6, 6.07) is 12.4. The lowest BCUT2D eigenvalue weighted by Crippen LogP contribution is -2.29. The lowest BCUT2D eigenvalue weighted by Gasteiger charge is -2.10. The van der Waals surface area contributed by atoms with E-state index in [1.807, 2.05) is 49.0 Å². The number of halogens is 1. The Bertz CT molecular complexity index is 632. The molecule has 0 spiro atoms. The predicted molar refractivity (Wildman–Crippen MR) is 100 cm³/mol. The van der Waals surface area contributed by atoms with Gasteiger partial charge < -0.3 is 10.6 Å². The van der Waals surface area contributed by atoms with Gasteiger partial charge in [0.1, 0.15) is 11.6 Å². The highest BCUT2D eigenvalue weighted by molar-refractivity contribution is 7.98. The maximum absolute atomic E-state index is 12.8. The normalized spacial score (nSPS) is 10.3. The van der Waals surface area contributed by atoms with Crippen LogP contribution in [-0.2, 0) is 5.75 Å². The Morgan fingerprint density at radius 3 is 2.74 bits per heavy atom. The van der Waals surface area contributed by atoms with Crippen molar-refractivity contribution in [3.8, 4) is 0 Å². The molecule has 0 aliphatic rings. The van der Waals surface area contributed by atoms with Crippen LogP contribution in [0.5, 0.6) is 0 Å². The van der Waals surface area contributed by atoms with Crippen molar-refractivity contribution in [3.63, 3.8) is 0 Å². The molecule has 0 unspecified atom stereocenters. The number of aryl methyl sites for hydroxylation is 1. The summed E-state index contributed by atoms with van der Waals surface area (Å²) in [6.45, 7) is 2.76. The second-order valence-electron chi connectivity index (χ2n) is 5.08. The first kappa shape index (κ1) is 17.7. The summed E-state index contributed by atoms with van der Waals surface area (Å²) >= 11 is 7.07. The molecule has 0 bridgehead atoms. The Morgan fingerprint density at radius 2 is 2.00 bits per heavy atom. The number of nitrogens with one attached hydrogen (secondary N) is 2. The van der Waals surface area contributed by atoms with Crippen LogP contribution in [0.3, 0.4) is 0 Å². The summed E-state index contributed by atoms with van der Waals surface area (Å²) in [7, 11) is 0. The van der Waals surface area contributed by atoms with E-state index in [9.17, 15) is 4.39 Å². The predicted octanol–water partition coefficient (Wildman–Crippen LogP) is 4.14. The van der Waals surface area contributed by atoms with Crippen LogP contribution in [0.2, 0.25) is 0 Å². The average molecular weight is 350 g/mol. The van der Waals surface area contributed by atoms with Crippen LogP contribution < -0.4 is 10.6 Å². The van der Waals surface area contributed by atoms with Gasteiger partial charge in [-0.2, -0.15) is 11.8 Å². The first-order valence-electron chi connectivity index (χ1n) is 7.44. The number of hydrogen-bond donors (Lipinski definition) is 2. The van der Waals surface area contributed by atoms with Crippen molar-refractivity contribution in [2.45, 2.75) is 19.1 Å². The molecule has 0 aliphatic carbocycles. The second kappa shape index (κ2) is 9.47. The lowest BCUT2D eigenvalue weighted by molar-refractivity contribution is 0.627. The fourth-order valence-corrected chi connectivity index (χ4v) is 3.05. The lowest BCUT2D eigenvalue weighted by atomic mass is 10.2. The summed E-state index contributed by atoms with van der Waals surface area (Å²) in [5.41, 5.74) is 2.10. The summed E-state index contributed by atoms with van der Waals surface area (Å²) in [5.74, 6) is 2.49. The number of thioether (sulfide) groups is 1. The van der Waals surface area contributed by atoms with Gasteiger partial charge in [0.05, 0.1) is 0 Å². The molecular formula is C17H20FN3S2.